The first-order valence-corrected chi connectivity index (χ1v) is 14.2. The third-order valence-corrected chi connectivity index (χ3v) is 7.40. The van der Waals surface area contributed by atoms with Crippen LogP contribution in [0.1, 0.15) is 59.2 Å². The number of anilines is 2. The number of aliphatic hydroxyl groups is 1. The smallest absolute Gasteiger partial charge is 0.255 e. The minimum absolute atomic E-state index is 0.00958. The summed E-state index contributed by atoms with van der Waals surface area (Å²) >= 11 is 0. The number of benzene rings is 3. The third kappa shape index (κ3) is 7.17. The molecule has 0 saturated carbocycles. The molecule has 3 aromatic carbocycles. The number of ether oxygens (including phenoxy) is 1. The summed E-state index contributed by atoms with van der Waals surface area (Å²) in [6.45, 7) is 10.3. The molecule has 1 amide bonds. The number of carbonyl (C=O) groups is 1. The highest BCUT2D eigenvalue weighted by Crippen LogP contribution is 2.29. The van der Waals surface area contributed by atoms with E-state index in [-0.39, 0.29) is 23.9 Å². The number of hydrogen-bond donors (Lipinski definition) is 3. The van der Waals surface area contributed by atoms with E-state index in [2.05, 4.69) is 53.1 Å². The maximum atomic E-state index is 13.1. The van der Waals surface area contributed by atoms with E-state index in [0.717, 1.165) is 44.0 Å². The second-order valence-corrected chi connectivity index (χ2v) is 11.6. The van der Waals surface area contributed by atoms with Gasteiger partial charge in [0.25, 0.3) is 5.91 Å². The summed E-state index contributed by atoms with van der Waals surface area (Å²) in [5.74, 6) is 0.696. The van der Waals surface area contributed by atoms with Gasteiger partial charge in [-0.15, -0.1) is 0 Å². The van der Waals surface area contributed by atoms with Gasteiger partial charge in [0.15, 0.2) is 5.82 Å². The van der Waals surface area contributed by atoms with Gasteiger partial charge in [0, 0.05) is 48.4 Å². The van der Waals surface area contributed by atoms with Crippen LogP contribution in [0, 0.1) is 0 Å². The normalized spacial score (nSPS) is 14.1. The quantitative estimate of drug-likeness (QED) is 0.283. The van der Waals surface area contributed by atoms with Crippen molar-refractivity contribution in [2.45, 2.75) is 45.8 Å². The van der Waals surface area contributed by atoms with Crippen LogP contribution >= 0.6 is 0 Å². The van der Waals surface area contributed by atoms with Gasteiger partial charge in [-0.3, -0.25) is 9.69 Å². The van der Waals surface area contributed by atoms with E-state index in [9.17, 15) is 9.90 Å². The van der Waals surface area contributed by atoms with Gasteiger partial charge in [0.05, 0.1) is 19.8 Å². The molecule has 218 valence electrons. The van der Waals surface area contributed by atoms with Gasteiger partial charge < -0.3 is 20.9 Å². The van der Waals surface area contributed by atoms with Gasteiger partial charge in [-0.1, -0.05) is 69.3 Å². The number of nitrogens with two attached hydrogens (primary N) is 1. The maximum absolute atomic E-state index is 13.1. The first-order valence-electron chi connectivity index (χ1n) is 14.2. The second-order valence-electron chi connectivity index (χ2n) is 11.6. The van der Waals surface area contributed by atoms with Crippen molar-refractivity contribution in [3.05, 3.63) is 100 Å². The fourth-order valence-corrected chi connectivity index (χ4v) is 5.08. The SMILES string of the molecule is CC(C)(C)c1ccc(C(=O)Nc2cccc(-c3nc(N)nc(Cc4cccc(CN5CCOCC5)c4)n3)c2CO)cc1. The van der Waals surface area contributed by atoms with Gasteiger partial charge in [0.2, 0.25) is 5.95 Å². The Morgan fingerprint density at radius 2 is 1.69 bits per heavy atom. The molecule has 2 heterocycles. The van der Waals surface area contributed by atoms with Crippen LogP contribution in [0.3, 0.4) is 0 Å². The Labute approximate surface area is 246 Å². The topological polar surface area (TPSA) is 126 Å². The number of nitrogens with one attached hydrogen (secondary N) is 1. The van der Waals surface area contributed by atoms with E-state index in [1.165, 1.54) is 5.56 Å². The summed E-state index contributed by atoms with van der Waals surface area (Å²) in [5.41, 5.74) is 11.6. The van der Waals surface area contributed by atoms with E-state index in [1.54, 1.807) is 18.2 Å². The number of amides is 1. The van der Waals surface area contributed by atoms with Crippen LogP contribution in [0.25, 0.3) is 11.4 Å². The zero-order valence-corrected chi connectivity index (χ0v) is 24.4. The summed E-state index contributed by atoms with van der Waals surface area (Å²) < 4.78 is 5.46. The standard InChI is InChI=1S/C33H38N6O3/c1-33(2,3)25-12-10-24(11-13-25)31(41)35-28-9-5-8-26(27(28)21-40)30-36-29(37-32(34)38-30)19-22-6-4-7-23(18-22)20-39-14-16-42-17-15-39/h4-13,18,40H,14-17,19-21H2,1-3H3,(H,35,41)(H2,34,36,37,38). The van der Waals surface area contributed by atoms with Crippen LogP contribution in [0.15, 0.2) is 66.7 Å². The highest BCUT2D eigenvalue weighted by atomic mass is 16.5. The third-order valence-electron chi connectivity index (χ3n) is 7.40. The molecule has 42 heavy (non-hydrogen) atoms. The van der Waals surface area contributed by atoms with Crippen molar-refractivity contribution in [2.24, 2.45) is 0 Å². The summed E-state index contributed by atoms with van der Waals surface area (Å²) in [5, 5.41) is 13.3. The number of nitrogens with zero attached hydrogens (tertiary/aromatic N) is 4. The van der Waals surface area contributed by atoms with Gasteiger partial charge in [-0.25, -0.2) is 4.98 Å². The van der Waals surface area contributed by atoms with Crippen LogP contribution < -0.4 is 11.1 Å². The molecule has 5 rings (SSSR count). The molecular formula is C33H38N6O3. The van der Waals surface area contributed by atoms with E-state index in [4.69, 9.17) is 15.5 Å². The molecule has 0 aliphatic carbocycles. The van der Waals surface area contributed by atoms with E-state index < -0.39 is 0 Å². The largest absolute Gasteiger partial charge is 0.392 e. The lowest BCUT2D eigenvalue weighted by Gasteiger charge is -2.26. The predicted octanol–water partition coefficient (Wildman–Crippen LogP) is 4.59. The molecule has 0 bridgehead atoms. The average molecular weight is 567 g/mol. The Bertz CT molecular complexity index is 1540. The lowest BCUT2D eigenvalue weighted by molar-refractivity contribution is 0.0342. The summed E-state index contributed by atoms with van der Waals surface area (Å²) in [6, 6.07) is 21.3. The molecule has 1 aliphatic heterocycles. The number of nitrogen functional groups attached to an aromatic ring is 1. The van der Waals surface area contributed by atoms with E-state index >= 15 is 0 Å². The monoisotopic (exact) mass is 566 g/mol. The Balaban J connectivity index is 1.36. The van der Waals surface area contributed by atoms with Gasteiger partial charge >= 0.3 is 0 Å². The van der Waals surface area contributed by atoms with Crippen molar-refractivity contribution in [3.63, 3.8) is 0 Å². The van der Waals surface area contributed by atoms with Gasteiger partial charge in [0.1, 0.15) is 5.82 Å². The van der Waals surface area contributed by atoms with Gasteiger partial charge in [-0.2, -0.15) is 9.97 Å². The first kappa shape index (κ1) is 29.3. The maximum Gasteiger partial charge on any atom is 0.255 e. The zero-order valence-electron chi connectivity index (χ0n) is 24.4. The molecule has 1 fully saturated rings. The highest BCUT2D eigenvalue weighted by molar-refractivity contribution is 6.05. The first-order chi connectivity index (χ1) is 20.2. The Kier molecular flexibility index (Phi) is 8.91. The number of carbonyl (C=O) groups excluding carboxylic acids is 1. The van der Waals surface area contributed by atoms with Crippen molar-refractivity contribution in [2.75, 3.05) is 37.4 Å². The molecule has 9 heteroatoms. The van der Waals surface area contributed by atoms with Crippen molar-refractivity contribution < 1.29 is 14.6 Å². The molecule has 1 aromatic heterocycles. The van der Waals surface area contributed by atoms with Crippen molar-refractivity contribution in [1.82, 2.24) is 19.9 Å². The Hall–Kier alpha value is -4.18. The molecule has 1 saturated heterocycles. The highest BCUT2D eigenvalue weighted by Gasteiger charge is 2.18. The summed E-state index contributed by atoms with van der Waals surface area (Å²) in [6.07, 6.45) is 0.478. The molecule has 0 radical (unpaired) electrons. The average Bonchev–Trinajstić information content (AvgIpc) is 2.97. The summed E-state index contributed by atoms with van der Waals surface area (Å²) in [4.78, 5) is 28.9. The molecule has 0 spiro atoms. The predicted molar refractivity (Wildman–Crippen MR) is 164 cm³/mol. The number of hydrogen-bond acceptors (Lipinski definition) is 8. The number of aliphatic hydroxyl groups excluding tert-OH is 1. The fourth-order valence-electron chi connectivity index (χ4n) is 5.08. The van der Waals surface area contributed by atoms with Crippen molar-refractivity contribution in [1.29, 1.82) is 0 Å². The second kappa shape index (κ2) is 12.8. The Morgan fingerprint density at radius 3 is 2.40 bits per heavy atom. The van der Waals surface area contributed by atoms with Gasteiger partial charge in [-0.05, 0) is 40.3 Å². The molecular weight excluding hydrogens is 528 g/mol. The Morgan fingerprint density at radius 1 is 0.976 bits per heavy atom. The van der Waals surface area contributed by atoms with Crippen LogP contribution in [0.2, 0.25) is 0 Å². The molecule has 0 atom stereocenters. The minimum atomic E-state index is -0.320. The van der Waals surface area contributed by atoms with Crippen LogP contribution in [0.5, 0.6) is 0 Å². The molecule has 4 N–H and O–H groups in total. The lowest BCUT2D eigenvalue weighted by Crippen LogP contribution is -2.35. The van der Waals surface area contributed by atoms with Crippen molar-refractivity contribution in [3.8, 4) is 11.4 Å². The van der Waals surface area contributed by atoms with Crippen molar-refractivity contribution >= 4 is 17.5 Å². The number of aromatic nitrogens is 3. The molecule has 0 unspecified atom stereocenters. The van der Waals surface area contributed by atoms with Crippen LogP contribution in [-0.4, -0.2) is 57.2 Å². The van der Waals surface area contributed by atoms with Crippen LogP contribution in [-0.2, 0) is 29.7 Å². The fraction of sp³-hybridized carbons (Fsp3) is 0.333. The molecule has 4 aromatic rings. The zero-order chi connectivity index (χ0) is 29.7. The number of morpholine rings is 1. The molecule has 9 nitrogen and oxygen atoms in total. The van der Waals surface area contributed by atoms with E-state index in [0.29, 0.717) is 40.4 Å². The number of rotatable bonds is 8. The minimum Gasteiger partial charge on any atom is -0.392 e. The molecule has 1 aliphatic rings. The summed E-state index contributed by atoms with van der Waals surface area (Å²) in [7, 11) is 0. The lowest BCUT2D eigenvalue weighted by atomic mass is 9.86. The van der Waals surface area contributed by atoms with E-state index in [1.807, 2.05) is 36.4 Å². The van der Waals surface area contributed by atoms with Crippen LogP contribution in [0.4, 0.5) is 11.6 Å².